The summed E-state index contributed by atoms with van der Waals surface area (Å²) in [5.41, 5.74) is 4.98. The molecular weight excluding hydrogens is 483 g/mol. The van der Waals surface area contributed by atoms with Crippen LogP contribution in [0.3, 0.4) is 0 Å². The van der Waals surface area contributed by atoms with Crippen molar-refractivity contribution in [2.45, 2.75) is 52.2 Å². The number of benzene rings is 2. The number of pyridine rings is 1. The number of carbonyl (C=O) groups is 1. The zero-order valence-electron chi connectivity index (χ0n) is 21.6. The lowest BCUT2D eigenvalue weighted by Crippen LogP contribution is -2.26. The SMILES string of the molecule is CC(C)(C)c1ccc(CN(Cc2ccc(F)cc2)Cc2nc(C(=O)NCCc3ccccn3)cs2)cc1. The van der Waals surface area contributed by atoms with E-state index in [1.807, 2.05) is 30.3 Å². The average molecular weight is 517 g/mol. The molecule has 2 heterocycles. The first-order chi connectivity index (χ1) is 17.8. The molecule has 7 heteroatoms. The maximum atomic E-state index is 13.5. The number of nitrogens with zero attached hydrogens (tertiary/aromatic N) is 3. The molecule has 0 fully saturated rings. The molecule has 0 unspecified atom stereocenters. The summed E-state index contributed by atoms with van der Waals surface area (Å²) in [6.07, 6.45) is 2.42. The summed E-state index contributed by atoms with van der Waals surface area (Å²) in [4.78, 5) is 23.8. The molecule has 0 atom stereocenters. The first-order valence-corrected chi connectivity index (χ1v) is 13.3. The lowest BCUT2D eigenvalue weighted by Gasteiger charge is -2.23. The van der Waals surface area contributed by atoms with Gasteiger partial charge in [-0.3, -0.25) is 14.7 Å². The van der Waals surface area contributed by atoms with E-state index in [9.17, 15) is 9.18 Å². The van der Waals surface area contributed by atoms with Gasteiger partial charge in [0.1, 0.15) is 16.5 Å². The van der Waals surface area contributed by atoms with E-state index in [4.69, 9.17) is 0 Å². The molecule has 0 saturated carbocycles. The Kier molecular flexibility index (Phi) is 8.79. The van der Waals surface area contributed by atoms with Crippen molar-refractivity contribution in [2.75, 3.05) is 6.54 Å². The number of aromatic nitrogens is 2. The Labute approximate surface area is 222 Å². The van der Waals surface area contributed by atoms with Crippen molar-refractivity contribution in [3.8, 4) is 0 Å². The molecular formula is C30H33FN4OS. The van der Waals surface area contributed by atoms with Crippen LogP contribution in [0.2, 0.25) is 0 Å². The molecule has 0 aliphatic heterocycles. The molecule has 0 aliphatic carbocycles. The predicted molar refractivity (Wildman–Crippen MR) is 147 cm³/mol. The Hall–Kier alpha value is -3.42. The van der Waals surface area contributed by atoms with Crippen molar-refractivity contribution in [3.05, 3.63) is 117 Å². The highest BCUT2D eigenvalue weighted by Crippen LogP contribution is 2.23. The molecule has 0 radical (unpaired) electrons. The van der Waals surface area contributed by atoms with Crippen LogP contribution in [0.5, 0.6) is 0 Å². The monoisotopic (exact) mass is 516 g/mol. The van der Waals surface area contributed by atoms with Crippen molar-refractivity contribution in [3.63, 3.8) is 0 Å². The number of amides is 1. The number of thiazole rings is 1. The van der Waals surface area contributed by atoms with Gasteiger partial charge in [0, 0.05) is 43.3 Å². The number of halogens is 1. The van der Waals surface area contributed by atoms with E-state index in [2.05, 4.69) is 65.2 Å². The summed E-state index contributed by atoms with van der Waals surface area (Å²) in [6, 6.07) is 21.1. The minimum absolute atomic E-state index is 0.0990. The van der Waals surface area contributed by atoms with Gasteiger partial charge in [0.15, 0.2) is 0 Å². The molecule has 1 N–H and O–H groups in total. The Morgan fingerprint density at radius 3 is 2.24 bits per heavy atom. The van der Waals surface area contributed by atoms with E-state index >= 15 is 0 Å². The highest BCUT2D eigenvalue weighted by molar-refractivity contribution is 7.09. The van der Waals surface area contributed by atoms with Gasteiger partial charge in [-0.1, -0.05) is 63.2 Å². The maximum absolute atomic E-state index is 13.5. The number of nitrogens with one attached hydrogen (secondary N) is 1. The quantitative estimate of drug-likeness (QED) is 0.275. The van der Waals surface area contributed by atoms with Crippen molar-refractivity contribution in [1.29, 1.82) is 0 Å². The number of rotatable bonds is 10. The number of carbonyl (C=O) groups excluding carboxylic acids is 1. The van der Waals surface area contributed by atoms with Crippen LogP contribution < -0.4 is 5.32 Å². The first kappa shape index (κ1) is 26.6. The second kappa shape index (κ2) is 12.2. The van der Waals surface area contributed by atoms with Gasteiger partial charge in [0.2, 0.25) is 0 Å². The topological polar surface area (TPSA) is 58.1 Å². The molecule has 37 heavy (non-hydrogen) atoms. The fourth-order valence-electron chi connectivity index (χ4n) is 4.00. The summed E-state index contributed by atoms with van der Waals surface area (Å²) < 4.78 is 13.5. The van der Waals surface area contributed by atoms with E-state index in [-0.39, 0.29) is 17.1 Å². The van der Waals surface area contributed by atoms with Crippen molar-refractivity contribution in [2.24, 2.45) is 0 Å². The Balaban J connectivity index is 1.41. The van der Waals surface area contributed by atoms with Crippen molar-refractivity contribution >= 4 is 17.2 Å². The van der Waals surface area contributed by atoms with Crippen LogP contribution in [-0.4, -0.2) is 27.3 Å². The second-order valence-corrected chi connectivity index (χ2v) is 11.1. The third kappa shape index (κ3) is 8.03. The normalized spacial score (nSPS) is 11.6. The van der Waals surface area contributed by atoms with E-state index in [0.29, 0.717) is 38.3 Å². The fraction of sp³-hybridized carbons (Fsp3) is 0.300. The lowest BCUT2D eigenvalue weighted by molar-refractivity contribution is 0.0949. The van der Waals surface area contributed by atoms with Crippen LogP contribution in [0, 0.1) is 5.82 Å². The Morgan fingerprint density at radius 2 is 1.62 bits per heavy atom. The van der Waals surface area contributed by atoms with Gasteiger partial charge in [-0.05, 0) is 46.4 Å². The molecule has 192 valence electrons. The molecule has 4 rings (SSSR count). The van der Waals surface area contributed by atoms with E-state index in [1.165, 1.54) is 34.6 Å². The predicted octanol–water partition coefficient (Wildman–Crippen LogP) is 6.15. The largest absolute Gasteiger partial charge is 0.350 e. The lowest BCUT2D eigenvalue weighted by atomic mass is 9.87. The maximum Gasteiger partial charge on any atom is 0.270 e. The summed E-state index contributed by atoms with van der Waals surface area (Å²) in [5.74, 6) is -0.423. The smallest absolute Gasteiger partial charge is 0.270 e. The van der Waals surface area contributed by atoms with Crippen LogP contribution in [0.15, 0.2) is 78.3 Å². The van der Waals surface area contributed by atoms with Crippen LogP contribution in [0.25, 0.3) is 0 Å². The third-order valence-electron chi connectivity index (χ3n) is 6.08. The van der Waals surface area contributed by atoms with Crippen LogP contribution in [-0.2, 0) is 31.5 Å². The zero-order valence-corrected chi connectivity index (χ0v) is 22.4. The summed E-state index contributed by atoms with van der Waals surface area (Å²) >= 11 is 1.48. The van der Waals surface area contributed by atoms with E-state index in [1.54, 1.807) is 11.6 Å². The van der Waals surface area contributed by atoms with Crippen molar-refractivity contribution in [1.82, 2.24) is 20.2 Å². The molecule has 0 saturated heterocycles. The Bertz CT molecular complexity index is 1280. The molecule has 0 bridgehead atoms. The van der Waals surface area contributed by atoms with Gasteiger partial charge in [-0.15, -0.1) is 11.3 Å². The molecule has 0 aliphatic rings. The molecule has 2 aromatic heterocycles. The minimum atomic E-state index is -0.244. The number of hydrogen-bond acceptors (Lipinski definition) is 5. The summed E-state index contributed by atoms with van der Waals surface area (Å²) in [6.45, 7) is 9.07. The van der Waals surface area contributed by atoms with Gasteiger partial charge in [-0.2, -0.15) is 0 Å². The van der Waals surface area contributed by atoms with Crippen LogP contribution >= 0.6 is 11.3 Å². The van der Waals surface area contributed by atoms with Gasteiger partial charge in [0.25, 0.3) is 5.91 Å². The summed E-state index contributed by atoms with van der Waals surface area (Å²) in [5, 5.41) is 5.60. The minimum Gasteiger partial charge on any atom is -0.350 e. The molecule has 5 nitrogen and oxygen atoms in total. The third-order valence-corrected chi connectivity index (χ3v) is 6.92. The summed E-state index contributed by atoms with van der Waals surface area (Å²) in [7, 11) is 0. The molecule has 2 aromatic carbocycles. The Morgan fingerprint density at radius 1 is 0.946 bits per heavy atom. The van der Waals surface area contributed by atoms with E-state index < -0.39 is 0 Å². The van der Waals surface area contributed by atoms with Gasteiger partial charge in [0.05, 0.1) is 6.54 Å². The highest BCUT2D eigenvalue weighted by Gasteiger charge is 2.16. The van der Waals surface area contributed by atoms with Crippen LogP contribution in [0.4, 0.5) is 4.39 Å². The van der Waals surface area contributed by atoms with Gasteiger partial charge >= 0.3 is 0 Å². The molecule has 4 aromatic rings. The number of hydrogen-bond donors (Lipinski definition) is 1. The van der Waals surface area contributed by atoms with Gasteiger partial charge in [-0.25, -0.2) is 9.37 Å². The zero-order chi connectivity index (χ0) is 26.3. The molecule has 1 amide bonds. The first-order valence-electron chi connectivity index (χ1n) is 12.4. The standard InChI is InChI=1S/C30H33FN4OS/c1-30(2,3)24-11-7-22(8-12-24)18-35(19-23-9-13-25(31)14-10-23)20-28-34-27(21-37-28)29(36)33-17-15-26-6-4-5-16-32-26/h4-14,16,21H,15,17-20H2,1-3H3,(H,33,36). The highest BCUT2D eigenvalue weighted by atomic mass is 32.1. The average Bonchev–Trinajstić information content (AvgIpc) is 3.34. The van der Waals surface area contributed by atoms with Gasteiger partial charge < -0.3 is 5.32 Å². The second-order valence-electron chi connectivity index (χ2n) is 10.2. The molecule has 0 spiro atoms. The van der Waals surface area contributed by atoms with E-state index in [0.717, 1.165) is 16.3 Å². The fourth-order valence-corrected chi connectivity index (χ4v) is 4.82. The van der Waals surface area contributed by atoms with Crippen LogP contribution in [0.1, 0.15) is 58.7 Å². The van der Waals surface area contributed by atoms with Crippen molar-refractivity contribution < 1.29 is 9.18 Å².